The number of thioether (sulfide) groups is 1. The van der Waals surface area contributed by atoms with E-state index in [9.17, 15) is 4.79 Å². The summed E-state index contributed by atoms with van der Waals surface area (Å²) in [6, 6.07) is 9.93. The van der Waals surface area contributed by atoms with Gasteiger partial charge in [0.15, 0.2) is 0 Å². The molecule has 1 saturated heterocycles. The lowest BCUT2D eigenvalue weighted by molar-refractivity contribution is -0.129. The number of aromatic amines is 1. The number of aromatic nitrogens is 3. The highest BCUT2D eigenvalue weighted by Crippen LogP contribution is 2.35. The molecular formula is C17H22N4OS. The van der Waals surface area contributed by atoms with E-state index in [0.29, 0.717) is 5.16 Å². The number of hydrogen-bond donors (Lipinski definition) is 1. The van der Waals surface area contributed by atoms with Gasteiger partial charge in [-0.1, -0.05) is 49.0 Å². The van der Waals surface area contributed by atoms with E-state index >= 15 is 0 Å². The highest BCUT2D eigenvalue weighted by molar-refractivity contribution is 8.00. The van der Waals surface area contributed by atoms with Crippen LogP contribution in [0, 0.1) is 0 Å². The molecule has 1 aromatic carbocycles. The van der Waals surface area contributed by atoms with Gasteiger partial charge >= 0.3 is 0 Å². The van der Waals surface area contributed by atoms with Gasteiger partial charge < -0.3 is 4.90 Å². The molecule has 122 valence electrons. The Morgan fingerprint density at radius 1 is 1.30 bits per heavy atom. The molecule has 0 saturated carbocycles. The molecule has 0 spiro atoms. The van der Waals surface area contributed by atoms with Crippen molar-refractivity contribution in [1.82, 2.24) is 20.1 Å². The third-order valence-electron chi connectivity index (χ3n) is 3.97. The number of nitrogens with one attached hydrogen (secondary N) is 1. The molecule has 1 aliphatic rings. The molecule has 1 aliphatic heterocycles. The normalized spacial score (nSPS) is 15.8. The van der Waals surface area contributed by atoms with E-state index in [0.717, 1.165) is 50.2 Å². The van der Waals surface area contributed by atoms with Crippen LogP contribution in [-0.4, -0.2) is 39.1 Å². The molecule has 23 heavy (non-hydrogen) atoms. The first kappa shape index (κ1) is 16.1. The summed E-state index contributed by atoms with van der Waals surface area (Å²) >= 11 is 1.44. The second kappa shape index (κ2) is 7.64. The predicted octanol–water partition coefficient (Wildman–Crippen LogP) is 3.21. The number of rotatable bonds is 6. The molecule has 2 heterocycles. The quantitative estimate of drug-likeness (QED) is 0.826. The Labute approximate surface area is 140 Å². The maximum atomic E-state index is 12.9. The minimum Gasteiger partial charge on any atom is -0.341 e. The van der Waals surface area contributed by atoms with Gasteiger partial charge in [-0.2, -0.15) is 0 Å². The van der Waals surface area contributed by atoms with Crippen molar-refractivity contribution in [2.75, 3.05) is 13.1 Å². The Bertz CT molecular complexity index is 637. The molecule has 0 unspecified atom stereocenters. The summed E-state index contributed by atoms with van der Waals surface area (Å²) in [7, 11) is 0. The number of likely N-dealkylation sites (tertiary alicyclic amines) is 1. The summed E-state index contributed by atoms with van der Waals surface area (Å²) in [5.74, 6) is 1.05. The minimum absolute atomic E-state index is 0.167. The minimum atomic E-state index is -0.278. The molecule has 6 heteroatoms. The van der Waals surface area contributed by atoms with Crippen molar-refractivity contribution in [3.05, 3.63) is 41.7 Å². The van der Waals surface area contributed by atoms with E-state index in [1.807, 2.05) is 35.2 Å². The Morgan fingerprint density at radius 3 is 2.74 bits per heavy atom. The average Bonchev–Trinajstić information content (AvgIpc) is 3.25. The lowest BCUT2D eigenvalue weighted by atomic mass is 10.1. The smallest absolute Gasteiger partial charge is 0.240 e. The summed E-state index contributed by atoms with van der Waals surface area (Å²) in [4.78, 5) is 19.4. The molecule has 1 amide bonds. The van der Waals surface area contributed by atoms with Crippen LogP contribution in [0.25, 0.3) is 0 Å². The second-order valence-corrected chi connectivity index (χ2v) is 6.83. The number of nitrogens with zero attached hydrogens (tertiary/aromatic N) is 3. The highest BCUT2D eigenvalue weighted by atomic mass is 32.2. The summed E-state index contributed by atoms with van der Waals surface area (Å²) in [6.45, 7) is 3.83. The van der Waals surface area contributed by atoms with E-state index in [1.165, 1.54) is 11.8 Å². The average molecular weight is 330 g/mol. The molecule has 0 aliphatic carbocycles. The SMILES string of the molecule is CCCc1nc(S[C@@H](C(=O)N2CCCC2)c2ccccc2)n[nH]1. The molecule has 3 rings (SSSR count). The van der Waals surface area contributed by atoms with Crippen LogP contribution in [-0.2, 0) is 11.2 Å². The topological polar surface area (TPSA) is 61.9 Å². The van der Waals surface area contributed by atoms with E-state index in [2.05, 4.69) is 22.1 Å². The summed E-state index contributed by atoms with van der Waals surface area (Å²) in [6.07, 6.45) is 4.09. The maximum Gasteiger partial charge on any atom is 0.240 e. The highest BCUT2D eigenvalue weighted by Gasteiger charge is 2.29. The fourth-order valence-electron chi connectivity index (χ4n) is 2.78. The Hall–Kier alpha value is -1.82. The van der Waals surface area contributed by atoms with Crippen molar-refractivity contribution in [3.8, 4) is 0 Å². The number of H-pyrrole nitrogens is 1. The zero-order chi connectivity index (χ0) is 16.1. The van der Waals surface area contributed by atoms with Crippen LogP contribution in [0.15, 0.2) is 35.5 Å². The lowest BCUT2D eigenvalue weighted by Gasteiger charge is -2.22. The van der Waals surface area contributed by atoms with E-state index in [-0.39, 0.29) is 11.2 Å². The van der Waals surface area contributed by atoms with Crippen LogP contribution in [0.3, 0.4) is 0 Å². The Balaban J connectivity index is 1.80. The van der Waals surface area contributed by atoms with Crippen LogP contribution < -0.4 is 0 Å². The van der Waals surface area contributed by atoms with E-state index < -0.39 is 0 Å². The van der Waals surface area contributed by atoms with Crippen molar-refractivity contribution in [1.29, 1.82) is 0 Å². The maximum absolute atomic E-state index is 12.9. The van der Waals surface area contributed by atoms with Gasteiger partial charge in [0.25, 0.3) is 0 Å². The zero-order valence-electron chi connectivity index (χ0n) is 13.4. The number of benzene rings is 1. The van der Waals surface area contributed by atoms with E-state index in [1.54, 1.807) is 0 Å². The van der Waals surface area contributed by atoms with Crippen molar-refractivity contribution in [2.24, 2.45) is 0 Å². The monoisotopic (exact) mass is 330 g/mol. The third-order valence-corrected chi connectivity index (χ3v) is 5.07. The first-order valence-corrected chi connectivity index (χ1v) is 9.07. The fourth-order valence-corrected chi connectivity index (χ4v) is 3.79. The standard InChI is InChI=1S/C17H22N4OS/c1-2-8-14-18-17(20-19-14)23-15(13-9-4-3-5-10-13)16(22)21-11-6-7-12-21/h3-5,9-10,15H,2,6-8,11-12H2,1H3,(H,18,19,20)/t15-/m1/s1. The van der Waals surface area contributed by atoms with Gasteiger partial charge in [-0.05, 0) is 24.8 Å². The molecule has 1 aromatic heterocycles. The largest absolute Gasteiger partial charge is 0.341 e. The van der Waals surface area contributed by atoms with Crippen LogP contribution in [0.5, 0.6) is 0 Å². The third kappa shape index (κ3) is 3.93. The van der Waals surface area contributed by atoms with E-state index in [4.69, 9.17) is 0 Å². The van der Waals surface area contributed by atoms with Gasteiger partial charge in [-0.15, -0.1) is 5.10 Å². The van der Waals surface area contributed by atoms with Gasteiger partial charge in [0.1, 0.15) is 11.1 Å². The molecule has 5 nitrogen and oxygen atoms in total. The summed E-state index contributed by atoms with van der Waals surface area (Å²) < 4.78 is 0. The van der Waals surface area contributed by atoms with Gasteiger partial charge in [0, 0.05) is 19.5 Å². The molecule has 0 bridgehead atoms. The van der Waals surface area contributed by atoms with Gasteiger partial charge in [0.05, 0.1) is 0 Å². The molecule has 2 aromatic rings. The van der Waals surface area contributed by atoms with Crippen LogP contribution in [0.4, 0.5) is 0 Å². The molecule has 1 atom stereocenters. The zero-order valence-corrected chi connectivity index (χ0v) is 14.2. The van der Waals surface area contributed by atoms with Crippen molar-refractivity contribution >= 4 is 17.7 Å². The summed E-state index contributed by atoms with van der Waals surface area (Å²) in [5.41, 5.74) is 1.01. The number of hydrogen-bond acceptors (Lipinski definition) is 4. The van der Waals surface area contributed by atoms with Gasteiger partial charge in [-0.25, -0.2) is 4.98 Å². The second-order valence-electron chi connectivity index (χ2n) is 5.76. The number of aryl methyl sites for hydroxylation is 1. The van der Waals surface area contributed by atoms with Crippen molar-refractivity contribution in [2.45, 2.75) is 43.0 Å². The molecule has 0 radical (unpaired) electrons. The van der Waals surface area contributed by atoms with Crippen molar-refractivity contribution < 1.29 is 4.79 Å². The summed E-state index contributed by atoms with van der Waals surface area (Å²) in [5, 5.41) is 7.60. The molecule has 1 fully saturated rings. The van der Waals surface area contributed by atoms with Crippen LogP contribution in [0.1, 0.15) is 42.8 Å². The van der Waals surface area contributed by atoms with Crippen LogP contribution >= 0.6 is 11.8 Å². The molecular weight excluding hydrogens is 308 g/mol. The number of amides is 1. The van der Waals surface area contributed by atoms with Crippen molar-refractivity contribution in [3.63, 3.8) is 0 Å². The first-order valence-electron chi connectivity index (χ1n) is 8.19. The first-order chi connectivity index (χ1) is 11.3. The number of carbonyl (C=O) groups excluding carboxylic acids is 1. The van der Waals surface area contributed by atoms with Gasteiger partial charge in [0.2, 0.25) is 11.1 Å². The molecule has 1 N–H and O–H groups in total. The Morgan fingerprint density at radius 2 is 2.04 bits per heavy atom. The fraction of sp³-hybridized carbons (Fsp3) is 0.471. The lowest BCUT2D eigenvalue weighted by Crippen LogP contribution is -2.31. The number of carbonyl (C=O) groups is 1. The predicted molar refractivity (Wildman–Crippen MR) is 91.2 cm³/mol. The Kier molecular flexibility index (Phi) is 5.33. The van der Waals surface area contributed by atoms with Gasteiger partial charge in [-0.3, -0.25) is 9.89 Å². The van der Waals surface area contributed by atoms with Crippen LogP contribution in [0.2, 0.25) is 0 Å².